The van der Waals surface area contributed by atoms with Crippen LogP contribution < -0.4 is 24.3 Å². The molecule has 7 aromatic rings. The number of halogens is 3. The number of aliphatic hydroxyl groups excluding tert-OH is 1. The molecule has 20 nitrogen and oxygen atoms in total. The smallest absolute Gasteiger partial charge is 0.387 e. The van der Waals surface area contributed by atoms with Gasteiger partial charge in [-0.25, -0.2) is 14.2 Å². The molecule has 2 fully saturated rings. The summed E-state index contributed by atoms with van der Waals surface area (Å²) in [6.07, 6.45) is 17.1. The van der Waals surface area contributed by atoms with Crippen molar-refractivity contribution in [2.24, 2.45) is 29.1 Å². The molecular formula is C80H94F3N7O13S2. The predicted octanol–water partition coefficient (Wildman–Crippen LogP) is 15.1. The van der Waals surface area contributed by atoms with Crippen molar-refractivity contribution in [3.63, 3.8) is 0 Å². The molecule has 25 heteroatoms. The van der Waals surface area contributed by atoms with E-state index in [2.05, 4.69) is 98.9 Å². The average Bonchev–Trinajstić information content (AvgIpc) is 1.64. The fourth-order valence-corrected chi connectivity index (χ4v) is 15.3. The van der Waals surface area contributed by atoms with Gasteiger partial charge >= 0.3 is 18.6 Å². The van der Waals surface area contributed by atoms with Gasteiger partial charge < -0.3 is 48.1 Å². The summed E-state index contributed by atoms with van der Waals surface area (Å²) < 4.78 is 89.1. The molecule has 4 aromatic carbocycles. The number of aromatic nitrogens is 4. The number of allylic oxidation sites excluding steroid dienone is 3. The number of benzene rings is 4. The third kappa shape index (κ3) is 21.6. The van der Waals surface area contributed by atoms with E-state index in [-0.39, 0.29) is 75.4 Å². The largest absolute Gasteiger partial charge is 0.493 e. The van der Waals surface area contributed by atoms with Crippen LogP contribution in [0.3, 0.4) is 0 Å². The number of alkyl halides is 2. The maximum Gasteiger partial charge on any atom is 0.387 e. The number of ether oxygens (including phenoxy) is 7. The summed E-state index contributed by atoms with van der Waals surface area (Å²) in [4.78, 5) is 68.7. The second-order valence-corrected chi connectivity index (χ2v) is 30.2. The summed E-state index contributed by atoms with van der Waals surface area (Å²) in [7, 11) is 5.51. The summed E-state index contributed by atoms with van der Waals surface area (Å²) >= 11 is 1.05. The van der Waals surface area contributed by atoms with Gasteiger partial charge in [-0.1, -0.05) is 106 Å². The number of esters is 2. The van der Waals surface area contributed by atoms with Crippen LogP contribution >= 0.6 is 11.8 Å². The third-order valence-corrected chi connectivity index (χ3v) is 21.6. The van der Waals surface area contributed by atoms with Gasteiger partial charge in [0.15, 0.2) is 22.3 Å². The molecule has 560 valence electrons. The summed E-state index contributed by atoms with van der Waals surface area (Å²) in [5.41, 5.74) is 8.61. The number of aliphatic hydroxyl groups is 1. The van der Waals surface area contributed by atoms with E-state index >= 15 is 0 Å². The van der Waals surface area contributed by atoms with Gasteiger partial charge in [0.2, 0.25) is 5.91 Å². The van der Waals surface area contributed by atoms with Crippen LogP contribution in [0.25, 0.3) is 15.9 Å². The number of hydrogen-bond acceptors (Lipinski definition) is 18. The molecule has 3 aromatic heterocycles. The number of hydrogen-bond donors (Lipinski definition) is 3. The Balaban J connectivity index is 0.000000163. The van der Waals surface area contributed by atoms with Crippen molar-refractivity contribution in [3.8, 4) is 23.0 Å². The maximum absolute atomic E-state index is 13.4. The van der Waals surface area contributed by atoms with E-state index in [9.17, 15) is 41.7 Å². The number of methoxy groups -OCH3 is 2. The van der Waals surface area contributed by atoms with E-state index in [4.69, 9.17) is 35.0 Å². The van der Waals surface area contributed by atoms with Crippen molar-refractivity contribution in [2.45, 2.75) is 165 Å². The number of imide groups is 1. The van der Waals surface area contributed by atoms with Crippen molar-refractivity contribution >= 4 is 62.4 Å². The van der Waals surface area contributed by atoms with Crippen LogP contribution in [0.1, 0.15) is 132 Å². The quantitative estimate of drug-likeness (QED) is 0.0356. The minimum Gasteiger partial charge on any atom is -0.493 e. The number of rotatable bonds is 25. The first kappa shape index (κ1) is 80.2. The number of cyclic esters (lactones) is 1. The Bertz CT molecular complexity index is 4250. The lowest BCUT2D eigenvalue weighted by Crippen LogP contribution is -2.43. The van der Waals surface area contributed by atoms with Crippen LogP contribution in [0.15, 0.2) is 144 Å². The summed E-state index contributed by atoms with van der Waals surface area (Å²) in [5.74, 6) is 2.01. The fourth-order valence-electron chi connectivity index (χ4n) is 13.4. The molecular weight excluding hydrogens is 1390 g/mol. The number of imidazole rings is 1. The number of thioether (sulfide) groups is 1. The molecule has 5 aliphatic rings. The monoisotopic (exact) mass is 1480 g/mol. The molecule has 2 aliphatic carbocycles. The third-order valence-electron chi connectivity index (χ3n) is 19.5. The Morgan fingerprint density at radius 1 is 0.933 bits per heavy atom. The first-order chi connectivity index (χ1) is 50.3. The highest BCUT2D eigenvalue weighted by molar-refractivity contribution is 8.15. The molecule has 10 atom stereocenters. The number of pyridine rings is 2. The molecule has 3 N–H and O–H groups in total. The molecule has 0 radical (unpaired) electrons. The molecule has 6 heterocycles. The second kappa shape index (κ2) is 37.4. The van der Waals surface area contributed by atoms with Gasteiger partial charge in [-0.05, 0) is 179 Å². The van der Waals surface area contributed by atoms with Crippen molar-refractivity contribution in [3.05, 3.63) is 196 Å². The predicted molar refractivity (Wildman–Crippen MR) is 396 cm³/mol. The Labute approximate surface area is 618 Å². The van der Waals surface area contributed by atoms with Crippen LogP contribution in [-0.2, 0) is 76.6 Å². The van der Waals surface area contributed by atoms with E-state index in [0.29, 0.717) is 77.7 Å². The number of aryl methyl sites for hydroxylation is 1. The van der Waals surface area contributed by atoms with Crippen LogP contribution in [0.5, 0.6) is 23.0 Å². The van der Waals surface area contributed by atoms with Gasteiger partial charge in [0.05, 0.1) is 90.5 Å². The number of nitrogens with one attached hydrogen (secondary N) is 2. The number of carbonyl (C=O) groups is 4. The molecule has 3 aliphatic heterocycles. The van der Waals surface area contributed by atoms with E-state index in [1.807, 2.05) is 87.6 Å². The van der Waals surface area contributed by atoms with Crippen LogP contribution in [0, 0.1) is 41.5 Å². The van der Waals surface area contributed by atoms with Gasteiger partial charge in [-0.2, -0.15) is 8.78 Å². The standard InChI is InChI=1S/C25H38O5.C20H21FN2O.C19H20N2O3S.C16H15F2N3O4S/c1-6-25(4,5)24(28)30-21-12-15(2)11-17-8-7-16(3)20(23(17)21)10-9-19-13-18(26)14-22(27)29-19;1-22-18-9-10-19-15(13-18)14-24-20(19,11-4-12-23(2)3)16-5-7-17(21)8-6-16;1-2-13-3-6-15(20-12-13)9-10-24-16-7-4-14(5-8-16)11-17-18(22)21-19(23)25-17;1-23-13-5-6-19-12(14(13)24-2)8-26(22)16-20-10-4-3-9(25-15(17)18)7-11(10)21-16/h7-8,11,15-16,18-21,23,26H,6,9-10,12-14H2,1-5H3;5-10,13H,4,11-12,14H2,2-3H3;3-8,12,17H,2,9-11H2,1H3,(H,21,22,23);3-7,15H,8H2,1-2H3,(H,20,21)/t15-,16-,18+,19+,20-,21-,23-;20-;;/m00../s1. The van der Waals surface area contributed by atoms with Crippen molar-refractivity contribution < 1.29 is 74.8 Å². The fraction of sp³-hybridized carbons (Fsp3) is 0.450. The highest BCUT2D eigenvalue weighted by Crippen LogP contribution is 2.48. The van der Waals surface area contributed by atoms with Crippen molar-refractivity contribution in [1.82, 2.24) is 30.2 Å². The Morgan fingerprint density at radius 2 is 1.69 bits per heavy atom. The molecule has 2 amide bonds. The second-order valence-electron chi connectivity index (χ2n) is 27.7. The van der Waals surface area contributed by atoms with Crippen molar-refractivity contribution in [2.75, 3.05) is 41.5 Å². The average molecular weight is 1480 g/mol. The lowest BCUT2D eigenvalue weighted by molar-refractivity contribution is -0.166. The minimum absolute atomic E-state index is 0.00962. The zero-order valence-electron chi connectivity index (χ0n) is 61.0. The summed E-state index contributed by atoms with van der Waals surface area (Å²) in [5, 5.41) is 11.8. The minimum atomic E-state index is -2.92. The highest BCUT2D eigenvalue weighted by atomic mass is 32.2. The van der Waals surface area contributed by atoms with Gasteiger partial charge in [-0.15, -0.1) is 0 Å². The van der Waals surface area contributed by atoms with E-state index in [1.165, 1.54) is 61.9 Å². The van der Waals surface area contributed by atoms with Gasteiger partial charge in [0, 0.05) is 49.0 Å². The van der Waals surface area contributed by atoms with E-state index in [1.54, 1.807) is 6.07 Å². The normalized spacial score (nSPS) is 21.9. The molecule has 2 unspecified atom stereocenters. The summed E-state index contributed by atoms with van der Waals surface area (Å²) in [6.45, 7) is 18.7. The summed E-state index contributed by atoms with van der Waals surface area (Å²) in [6, 6.07) is 30.0. The Kier molecular flexibility index (Phi) is 28.5. The van der Waals surface area contributed by atoms with Crippen LogP contribution in [0.2, 0.25) is 0 Å². The number of fused-ring (bicyclic) bond motifs is 3. The zero-order valence-corrected chi connectivity index (χ0v) is 62.7. The van der Waals surface area contributed by atoms with Gasteiger partial charge in [0.25, 0.3) is 5.24 Å². The lowest BCUT2D eigenvalue weighted by Gasteiger charge is -2.44. The van der Waals surface area contributed by atoms with Gasteiger partial charge in [0.1, 0.15) is 35.1 Å². The number of H-pyrrole nitrogens is 1. The van der Waals surface area contributed by atoms with E-state index < -0.39 is 34.5 Å². The Morgan fingerprint density at radius 3 is 2.34 bits per heavy atom. The maximum atomic E-state index is 13.4. The lowest BCUT2D eigenvalue weighted by atomic mass is 9.65. The molecule has 2 saturated heterocycles. The van der Waals surface area contributed by atoms with Crippen molar-refractivity contribution in [1.29, 1.82) is 0 Å². The first-order valence-electron chi connectivity index (χ1n) is 35.4. The molecule has 0 bridgehead atoms. The van der Waals surface area contributed by atoms with Crippen LogP contribution in [-0.4, -0.2) is 129 Å². The highest BCUT2D eigenvalue weighted by Gasteiger charge is 2.44. The Hall–Kier alpha value is -8.93. The zero-order chi connectivity index (χ0) is 75.5. The number of aromatic amines is 1. The number of amides is 2. The molecule has 0 saturated carbocycles. The first-order valence-corrected chi connectivity index (χ1v) is 37.6. The van der Waals surface area contributed by atoms with E-state index in [0.717, 1.165) is 103 Å². The SMILES string of the molecule is CCC(C)(C)C(=O)O[C@H]1C[C@@H](C)C=C2C=C[C@H](C)[C@H](CC[C@@H]3C[C@@H](O)CC(=O)O3)[C@H]21.CCc1ccc(CCOc2ccc(CC3SC(=O)NC3=O)cc2)nc1.COc1ccnc(CS(=O)c2nc3ccc(OC(F)F)cc3[nH]2)c1OC.[C-]#[N+]c1ccc2c(c1)CO[C@@]2(CCCN(C)C)c1ccc(F)cc1. The van der Waals surface area contributed by atoms with Gasteiger partial charge in [-0.3, -0.25) is 38.7 Å². The number of carbonyl (C=O) groups excluding carboxylic acids is 4. The number of nitrogens with zero attached hydrogens (tertiary/aromatic N) is 5. The molecule has 0 spiro atoms. The molecule has 105 heavy (non-hydrogen) atoms. The molecule has 12 rings (SSSR count). The topological polar surface area (TPSA) is 244 Å². The van der Waals surface area contributed by atoms with Crippen LogP contribution in [0.4, 0.5) is 23.7 Å².